The molecule has 1 amide bonds. The summed E-state index contributed by atoms with van der Waals surface area (Å²) in [6, 6.07) is 18.4. The molecule has 164 valence electrons. The fraction of sp³-hybridized carbons (Fsp3) is 0.200. The van der Waals surface area contributed by atoms with E-state index in [1.807, 2.05) is 66.2 Å². The highest BCUT2D eigenvalue weighted by atomic mass is 16.5. The largest absolute Gasteiger partial charge is 0.497 e. The van der Waals surface area contributed by atoms with E-state index < -0.39 is 0 Å². The molecule has 0 aliphatic rings. The number of amides is 1. The van der Waals surface area contributed by atoms with Gasteiger partial charge in [0.25, 0.3) is 5.91 Å². The Morgan fingerprint density at radius 1 is 1.00 bits per heavy atom. The Kier molecular flexibility index (Phi) is 6.55. The minimum Gasteiger partial charge on any atom is -0.497 e. The molecule has 2 aromatic carbocycles. The number of hydrogen-bond donors (Lipinski definition) is 1. The zero-order valence-corrected chi connectivity index (χ0v) is 18.1. The van der Waals surface area contributed by atoms with Gasteiger partial charge in [-0.3, -0.25) is 4.79 Å². The van der Waals surface area contributed by atoms with Crippen LogP contribution in [0.4, 0.5) is 0 Å². The number of carbonyl (C=O) groups excluding carboxylic acids is 1. The van der Waals surface area contributed by atoms with Gasteiger partial charge in [0.2, 0.25) is 0 Å². The number of ether oxygens (including phenoxy) is 3. The van der Waals surface area contributed by atoms with Crippen molar-refractivity contribution in [3.63, 3.8) is 0 Å². The van der Waals surface area contributed by atoms with Crippen LogP contribution in [0.3, 0.4) is 0 Å². The van der Waals surface area contributed by atoms with Crippen LogP contribution in [0, 0.1) is 6.92 Å². The molecule has 0 saturated heterocycles. The Labute approximate surface area is 186 Å². The summed E-state index contributed by atoms with van der Waals surface area (Å²) in [5, 5.41) is 2.86. The zero-order valence-electron chi connectivity index (χ0n) is 18.1. The molecule has 0 aliphatic carbocycles. The fourth-order valence-electron chi connectivity index (χ4n) is 3.27. The van der Waals surface area contributed by atoms with Crippen LogP contribution in [0.1, 0.15) is 21.6 Å². The number of hydrogen-bond acceptors (Lipinski definition) is 5. The summed E-state index contributed by atoms with van der Waals surface area (Å²) in [6.07, 6.45) is 3.91. The van der Waals surface area contributed by atoms with Crippen LogP contribution in [0.15, 0.2) is 73.1 Å². The quantitative estimate of drug-likeness (QED) is 0.405. The lowest BCUT2D eigenvalue weighted by Gasteiger charge is -2.09. The number of methoxy groups -OCH3 is 1. The number of carbonyl (C=O) groups is 1. The summed E-state index contributed by atoms with van der Waals surface area (Å²) in [6.45, 7) is 3.09. The second-order valence-corrected chi connectivity index (χ2v) is 7.25. The number of benzene rings is 2. The average Bonchev–Trinajstić information content (AvgIpc) is 3.25. The average molecular weight is 431 g/mol. The molecule has 0 fully saturated rings. The number of imidazole rings is 1. The van der Waals surface area contributed by atoms with E-state index >= 15 is 0 Å². The highest BCUT2D eigenvalue weighted by Gasteiger charge is 2.08. The molecular weight excluding hydrogens is 406 g/mol. The number of fused-ring (bicyclic) bond motifs is 1. The van der Waals surface area contributed by atoms with E-state index in [2.05, 4.69) is 10.3 Å². The molecule has 0 spiro atoms. The van der Waals surface area contributed by atoms with Crippen molar-refractivity contribution < 1.29 is 19.0 Å². The summed E-state index contributed by atoms with van der Waals surface area (Å²) in [5.41, 5.74) is 3.37. The number of pyridine rings is 1. The summed E-state index contributed by atoms with van der Waals surface area (Å²) < 4.78 is 18.6. The second kappa shape index (κ2) is 9.87. The molecule has 0 saturated carbocycles. The van der Waals surface area contributed by atoms with Gasteiger partial charge in [0, 0.05) is 18.0 Å². The molecule has 2 heterocycles. The van der Waals surface area contributed by atoms with E-state index in [1.165, 1.54) is 0 Å². The summed E-state index contributed by atoms with van der Waals surface area (Å²) >= 11 is 0. The normalized spacial score (nSPS) is 10.7. The Morgan fingerprint density at radius 2 is 1.81 bits per heavy atom. The van der Waals surface area contributed by atoms with E-state index in [9.17, 15) is 4.79 Å². The van der Waals surface area contributed by atoms with Gasteiger partial charge in [0.15, 0.2) is 0 Å². The van der Waals surface area contributed by atoms with E-state index in [0.29, 0.717) is 31.1 Å². The minimum absolute atomic E-state index is 0.183. The molecule has 2 aromatic heterocycles. The maximum atomic E-state index is 12.5. The van der Waals surface area contributed by atoms with Crippen molar-refractivity contribution in [3.8, 4) is 17.2 Å². The van der Waals surface area contributed by atoms with Gasteiger partial charge in [-0.1, -0.05) is 12.1 Å². The molecule has 0 unspecified atom stereocenters. The van der Waals surface area contributed by atoms with Crippen molar-refractivity contribution in [3.05, 3.63) is 89.9 Å². The highest BCUT2D eigenvalue weighted by Crippen LogP contribution is 2.18. The van der Waals surface area contributed by atoms with Crippen LogP contribution in [0.2, 0.25) is 0 Å². The molecule has 0 bridgehead atoms. The molecule has 7 nitrogen and oxygen atoms in total. The molecule has 4 rings (SSSR count). The van der Waals surface area contributed by atoms with Crippen LogP contribution in [0.25, 0.3) is 5.65 Å². The predicted octanol–water partition coefficient (Wildman–Crippen LogP) is 4.04. The fourth-order valence-corrected chi connectivity index (χ4v) is 3.27. The van der Waals surface area contributed by atoms with E-state index in [-0.39, 0.29) is 5.91 Å². The first-order chi connectivity index (χ1) is 15.6. The SMILES string of the molecule is COc1ccc(OCCNC(=O)c2cccc(OCc3cn4cccc(C)c4n3)c2)cc1. The third kappa shape index (κ3) is 5.18. The van der Waals surface area contributed by atoms with Crippen molar-refractivity contribution in [2.45, 2.75) is 13.5 Å². The smallest absolute Gasteiger partial charge is 0.251 e. The summed E-state index contributed by atoms with van der Waals surface area (Å²) in [7, 11) is 1.62. The van der Waals surface area contributed by atoms with Gasteiger partial charge >= 0.3 is 0 Å². The van der Waals surface area contributed by atoms with Gasteiger partial charge in [-0.2, -0.15) is 0 Å². The number of rotatable bonds is 9. The first kappa shape index (κ1) is 21.2. The van der Waals surface area contributed by atoms with Gasteiger partial charge in [-0.25, -0.2) is 4.98 Å². The molecular formula is C25H25N3O4. The third-order valence-corrected chi connectivity index (χ3v) is 4.93. The number of nitrogens with one attached hydrogen (secondary N) is 1. The first-order valence-corrected chi connectivity index (χ1v) is 10.3. The number of nitrogens with zero attached hydrogens (tertiary/aromatic N) is 2. The molecule has 7 heteroatoms. The highest BCUT2D eigenvalue weighted by molar-refractivity contribution is 5.94. The van der Waals surface area contributed by atoms with Crippen molar-refractivity contribution in [2.24, 2.45) is 0 Å². The van der Waals surface area contributed by atoms with Crippen LogP contribution in [-0.2, 0) is 6.61 Å². The zero-order chi connectivity index (χ0) is 22.3. The topological polar surface area (TPSA) is 74.1 Å². The molecule has 0 aliphatic heterocycles. The Bertz CT molecular complexity index is 1200. The van der Waals surface area contributed by atoms with Gasteiger partial charge in [-0.05, 0) is 61.0 Å². The molecule has 32 heavy (non-hydrogen) atoms. The van der Waals surface area contributed by atoms with Crippen molar-refractivity contribution in [1.29, 1.82) is 0 Å². The van der Waals surface area contributed by atoms with Gasteiger partial charge < -0.3 is 23.9 Å². The van der Waals surface area contributed by atoms with E-state index in [4.69, 9.17) is 14.2 Å². The lowest BCUT2D eigenvalue weighted by atomic mass is 10.2. The summed E-state index contributed by atoms with van der Waals surface area (Å²) in [4.78, 5) is 17.1. The van der Waals surface area contributed by atoms with Crippen LogP contribution >= 0.6 is 0 Å². The van der Waals surface area contributed by atoms with Gasteiger partial charge in [0.05, 0.1) is 19.3 Å². The lowest BCUT2D eigenvalue weighted by molar-refractivity contribution is 0.0946. The Morgan fingerprint density at radius 3 is 2.59 bits per heavy atom. The predicted molar refractivity (Wildman–Crippen MR) is 122 cm³/mol. The van der Waals surface area contributed by atoms with Gasteiger partial charge in [0.1, 0.15) is 36.1 Å². The second-order valence-electron chi connectivity index (χ2n) is 7.25. The maximum Gasteiger partial charge on any atom is 0.251 e. The number of aromatic nitrogens is 2. The van der Waals surface area contributed by atoms with Crippen LogP contribution < -0.4 is 19.5 Å². The van der Waals surface area contributed by atoms with Crippen molar-refractivity contribution in [2.75, 3.05) is 20.3 Å². The maximum absolute atomic E-state index is 12.5. The monoisotopic (exact) mass is 431 g/mol. The van der Waals surface area contributed by atoms with E-state index in [0.717, 1.165) is 28.4 Å². The Balaban J connectivity index is 1.27. The lowest BCUT2D eigenvalue weighted by Crippen LogP contribution is -2.28. The molecule has 0 radical (unpaired) electrons. The Hall–Kier alpha value is -4.00. The minimum atomic E-state index is -0.183. The van der Waals surface area contributed by atoms with Gasteiger partial charge in [-0.15, -0.1) is 0 Å². The summed E-state index contributed by atoms with van der Waals surface area (Å²) in [5.74, 6) is 1.92. The van der Waals surface area contributed by atoms with Crippen molar-refractivity contribution >= 4 is 11.6 Å². The standard InChI is InChI=1S/C25H25N3O4/c1-18-5-4-13-28-16-20(27-24(18)28)17-32-23-7-3-6-19(15-23)25(29)26-12-14-31-22-10-8-21(30-2)9-11-22/h3-11,13,15-16H,12,14,17H2,1-2H3,(H,26,29). The van der Waals surface area contributed by atoms with Crippen molar-refractivity contribution in [1.82, 2.24) is 14.7 Å². The first-order valence-electron chi connectivity index (χ1n) is 10.3. The molecule has 0 atom stereocenters. The third-order valence-electron chi connectivity index (χ3n) is 4.93. The van der Waals surface area contributed by atoms with Crippen LogP contribution in [0.5, 0.6) is 17.2 Å². The van der Waals surface area contributed by atoms with Crippen LogP contribution in [-0.4, -0.2) is 35.6 Å². The molecule has 1 N–H and O–H groups in total. The number of aryl methyl sites for hydroxylation is 1. The molecule has 4 aromatic rings. The van der Waals surface area contributed by atoms with E-state index in [1.54, 1.807) is 25.3 Å².